The van der Waals surface area contributed by atoms with E-state index in [1.54, 1.807) is 0 Å². The molecule has 0 aliphatic carbocycles. The largest absolute Gasteiger partial charge is 0.351 e. The Morgan fingerprint density at radius 1 is 1.26 bits per heavy atom. The first kappa shape index (κ1) is 19.0. The third-order valence-electron chi connectivity index (χ3n) is 3.36. The standard InChI is InChI=1S/C14H21N3O5S/c1-4-14(2,3)16-13(18)9-10-15-23(21,22)12-7-5-11(6-8-12)17(19)20/h5-8,15H,4,9-10H2,1-3H3,(H,16,18). The average Bonchev–Trinajstić information content (AvgIpc) is 2.46. The number of benzene rings is 1. The average molecular weight is 343 g/mol. The van der Waals surface area contributed by atoms with Crippen LogP contribution in [0.15, 0.2) is 29.2 Å². The lowest BCUT2D eigenvalue weighted by Crippen LogP contribution is -2.43. The summed E-state index contributed by atoms with van der Waals surface area (Å²) in [6.45, 7) is 5.65. The number of amides is 1. The Hall–Kier alpha value is -2.00. The lowest BCUT2D eigenvalue weighted by atomic mass is 10.0. The molecule has 128 valence electrons. The van der Waals surface area contributed by atoms with E-state index in [0.717, 1.165) is 30.7 Å². The molecule has 1 rings (SSSR count). The number of nitro benzene ring substituents is 1. The van der Waals surface area contributed by atoms with Gasteiger partial charge in [0.25, 0.3) is 5.69 Å². The van der Waals surface area contributed by atoms with Crippen LogP contribution >= 0.6 is 0 Å². The fourth-order valence-electron chi connectivity index (χ4n) is 1.66. The smallest absolute Gasteiger partial charge is 0.269 e. The Labute approximate surface area is 135 Å². The highest BCUT2D eigenvalue weighted by Crippen LogP contribution is 2.15. The van der Waals surface area contributed by atoms with E-state index in [1.807, 2.05) is 20.8 Å². The summed E-state index contributed by atoms with van der Waals surface area (Å²) in [4.78, 5) is 21.6. The van der Waals surface area contributed by atoms with Crippen molar-refractivity contribution in [3.05, 3.63) is 34.4 Å². The van der Waals surface area contributed by atoms with E-state index in [9.17, 15) is 23.3 Å². The van der Waals surface area contributed by atoms with Crippen molar-refractivity contribution in [2.45, 2.75) is 44.0 Å². The second kappa shape index (κ2) is 7.51. The maximum atomic E-state index is 12.0. The summed E-state index contributed by atoms with van der Waals surface area (Å²) in [5.74, 6) is -0.247. The highest BCUT2D eigenvalue weighted by Gasteiger charge is 2.19. The van der Waals surface area contributed by atoms with Gasteiger partial charge in [-0.2, -0.15) is 0 Å². The molecule has 8 nitrogen and oxygen atoms in total. The molecule has 0 heterocycles. The van der Waals surface area contributed by atoms with Crippen LogP contribution in [0.4, 0.5) is 5.69 Å². The van der Waals surface area contributed by atoms with Gasteiger partial charge in [0.15, 0.2) is 0 Å². The predicted molar refractivity (Wildman–Crippen MR) is 85.4 cm³/mol. The summed E-state index contributed by atoms with van der Waals surface area (Å²) in [6.07, 6.45) is 0.767. The second-order valence-electron chi connectivity index (χ2n) is 5.68. The van der Waals surface area contributed by atoms with Gasteiger partial charge in [0.05, 0.1) is 9.82 Å². The minimum atomic E-state index is -3.80. The van der Waals surface area contributed by atoms with Gasteiger partial charge < -0.3 is 5.32 Å². The third-order valence-corrected chi connectivity index (χ3v) is 4.84. The molecule has 9 heteroatoms. The molecule has 0 atom stereocenters. The van der Waals surface area contributed by atoms with Crippen molar-refractivity contribution in [1.82, 2.24) is 10.0 Å². The number of rotatable bonds is 8. The zero-order valence-corrected chi connectivity index (χ0v) is 14.1. The van der Waals surface area contributed by atoms with E-state index in [-0.39, 0.29) is 35.0 Å². The first-order valence-corrected chi connectivity index (χ1v) is 8.61. The Bertz CT molecular complexity index is 668. The fourth-order valence-corrected chi connectivity index (χ4v) is 2.69. The normalized spacial score (nSPS) is 12.0. The minimum absolute atomic E-state index is 0.00956. The van der Waals surface area contributed by atoms with Crippen LogP contribution in [-0.2, 0) is 14.8 Å². The molecular formula is C14H21N3O5S. The highest BCUT2D eigenvalue weighted by molar-refractivity contribution is 7.89. The Morgan fingerprint density at radius 2 is 1.83 bits per heavy atom. The number of carbonyl (C=O) groups is 1. The van der Waals surface area contributed by atoms with E-state index < -0.39 is 14.9 Å². The van der Waals surface area contributed by atoms with Crippen LogP contribution < -0.4 is 10.0 Å². The van der Waals surface area contributed by atoms with Crippen molar-refractivity contribution in [1.29, 1.82) is 0 Å². The quantitative estimate of drug-likeness (QED) is 0.548. The molecule has 0 aliphatic heterocycles. The molecule has 1 aromatic carbocycles. The molecule has 2 N–H and O–H groups in total. The third kappa shape index (κ3) is 5.95. The number of nitrogens with zero attached hydrogens (tertiary/aromatic N) is 1. The highest BCUT2D eigenvalue weighted by atomic mass is 32.2. The molecule has 0 aliphatic rings. The van der Waals surface area contributed by atoms with E-state index in [0.29, 0.717) is 0 Å². The van der Waals surface area contributed by atoms with Gasteiger partial charge in [0.2, 0.25) is 15.9 Å². The van der Waals surface area contributed by atoms with Crippen LogP contribution in [0.5, 0.6) is 0 Å². The lowest BCUT2D eigenvalue weighted by Gasteiger charge is -2.24. The lowest BCUT2D eigenvalue weighted by molar-refractivity contribution is -0.384. The Kier molecular flexibility index (Phi) is 6.22. The second-order valence-corrected chi connectivity index (χ2v) is 7.45. The van der Waals surface area contributed by atoms with Crippen LogP contribution in [0.3, 0.4) is 0 Å². The molecule has 0 saturated carbocycles. The van der Waals surface area contributed by atoms with Gasteiger partial charge in [-0.25, -0.2) is 13.1 Å². The number of hydrogen-bond donors (Lipinski definition) is 2. The van der Waals surface area contributed by atoms with Crippen LogP contribution in [0, 0.1) is 10.1 Å². The van der Waals surface area contributed by atoms with Crippen molar-refractivity contribution in [3.8, 4) is 0 Å². The SMILES string of the molecule is CCC(C)(C)NC(=O)CCNS(=O)(=O)c1ccc([N+](=O)[O-])cc1. The summed E-state index contributed by atoms with van der Waals surface area (Å²) in [6, 6.07) is 4.54. The number of sulfonamides is 1. The van der Waals surface area contributed by atoms with Crippen LogP contribution in [0.2, 0.25) is 0 Å². The van der Waals surface area contributed by atoms with Crippen molar-refractivity contribution in [2.24, 2.45) is 0 Å². The summed E-state index contributed by atoms with van der Waals surface area (Å²) in [7, 11) is -3.80. The number of nitrogens with one attached hydrogen (secondary N) is 2. The molecule has 0 fully saturated rings. The molecule has 0 unspecified atom stereocenters. The molecule has 0 bridgehead atoms. The molecule has 0 spiro atoms. The van der Waals surface area contributed by atoms with Gasteiger partial charge >= 0.3 is 0 Å². The van der Waals surface area contributed by atoms with Crippen LogP contribution in [-0.4, -0.2) is 31.3 Å². The van der Waals surface area contributed by atoms with E-state index in [2.05, 4.69) is 10.0 Å². The van der Waals surface area contributed by atoms with Crippen molar-refractivity contribution in [3.63, 3.8) is 0 Å². The molecular weight excluding hydrogens is 322 g/mol. The maximum absolute atomic E-state index is 12.0. The van der Waals surface area contributed by atoms with E-state index in [4.69, 9.17) is 0 Å². The van der Waals surface area contributed by atoms with Gasteiger partial charge in [0.1, 0.15) is 0 Å². The van der Waals surface area contributed by atoms with E-state index >= 15 is 0 Å². The van der Waals surface area contributed by atoms with Gasteiger partial charge in [0, 0.05) is 30.6 Å². The van der Waals surface area contributed by atoms with Crippen LogP contribution in [0.1, 0.15) is 33.6 Å². The predicted octanol–water partition coefficient (Wildman–Crippen LogP) is 1.57. The minimum Gasteiger partial charge on any atom is -0.351 e. The monoisotopic (exact) mass is 343 g/mol. The van der Waals surface area contributed by atoms with E-state index in [1.165, 1.54) is 0 Å². The maximum Gasteiger partial charge on any atom is 0.269 e. The van der Waals surface area contributed by atoms with Crippen molar-refractivity contribution < 1.29 is 18.1 Å². The number of non-ortho nitro benzene ring substituents is 1. The zero-order valence-electron chi connectivity index (χ0n) is 13.3. The first-order valence-electron chi connectivity index (χ1n) is 7.12. The Morgan fingerprint density at radius 3 is 2.30 bits per heavy atom. The number of carbonyl (C=O) groups excluding carboxylic acids is 1. The molecule has 1 amide bonds. The summed E-state index contributed by atoms with van der Waals surface area (Å²) in [5.41, 5.74) is -0.529. The van der Waals surface area contributed by atoms with Gasteiger partial charge in [-0.05, 0) is 32.4 Å². The summed E-state index contributed by atoms with van der Waals surface area (Å²) >= 11 is 0. The van der Waals surface area contributed by atoms with Crippen molar-refractivity contribution >= 4 is 21.6 Å². The van der Waals surface area contributed by atoms with Gasteiger partial charge in [-0.15, -0.1) is 0 Å². The van der Waals surface area contributed by atoms with Crippen LogP contribution in [0.25, 0.3) is 0 Å². The number of hydrogen-bond acceptors (Lipinski definition) is 5. The topological polar surface area (TPSA) is 118 Å². The first-order chi connectivity index (χ1) is 10.6. The van der Waals surface area contributed by atoms with Gasteiger partial charge in [-0.3, -0.25) is 14.9 Å². The summed E-state index contributed by atoms with van der Waals surface area (Å²) < 4.78 is 26.3. The fraction of sp³-hybridized carbons (Fsp3) is 0.500. The summed E-state index contributed by atoms with van der Waals surface area (Å²) in [5, 5.41) is 13.3. The molecule has 1 aromatic rings. The molecule has 0 radical (unpaired) electrons. The zero-order chi connectivity index (χ0) is 17.7. The molecule has 23 heavy (non-hydrogen) atoms. The molecule has 0 saturated heterocycles. The molecule has 0 aromatic heterocycles. The Balaban J connectivity index is 2.59. The number of nitro groups is 1. The van der Waals surface area contributed by atoms with Crippen molar-refractivity contribution in [2.75, 3.05) is 6.54 Å². The van der Waals surface area contributed by atoms with Gasteiger partial charge in [-0.1, -0.05) is 6.92 Å².